The Labute approximate surface area is 102 Å². The summed E-state index contributed by atoms with van der Waals surface area (Å²) in [6.45, 7) is 4.04. The van der Waals surface area contributed by atoms with E-state index in [1.807, 2.05) is 37.3 Å². The van der Waals surface area contributed by atoms with Crippen molar-refractivity contribution in [2.75, 3.05) is 13.1 Å². The van der Waals surface area contributed by atoms with E-state index < -0.39 is 5.97 Å². The maximum atomic E-state index is 11.1. The molecular weight excluding hydrogens is 214 g/mol. The summed E-state index contributed by atoms with van der Waals surface area (Å²) in [7, 11) is 0. The van der Waals surface area contributed by atoms with Gasteiger partial charge in [-0.25, -0.2) is 0 Å². The zero-order valence-electron chi connectivity index (χ0n) is 10.2. The van der Waals surface area contributed by atoms with Gasteiger partial charge in [0.1, 0.15) is 0 Å². The van der Waals surface area contributed by atoms with Crippen LogP contribution in [0.3, 0.4) is 0 Å². The molecule has 1 N–H and O–H groups in total. The van der Waals surface area contributed by atoms with Gasteiger partial charge in [0.2, 0.25) is 0 Å². The molecule has 0 spiro atoms. The average Bonchev–Trinajstić information content (AvgIpc) is 2.83. The van der Waals surface area contributed by atoms with Crippen molar-refractivity contribution in [3.63, 3.8) is 0 Å². The zero-order valence-corrected chi connectivity index (χ0v) is 10.2. The standard InChI is InChI=1S/C14H19NO2/c1-14(11-13(16)17,15-9-5-6-10-15)12-7-3-2-4-8-12/h2-4,7-8H,5-6,9-11H2,1H3,(H,16,17). The van der Waals surface area contributed by atoms with Crippen molar-refractivity contribution in [1.29, 1.82) is 0 Å². The van der Waals surface area contributed by atoms with Gasteiger partial charge in [-0.15, -0.1) is 0 Å². The van der Waals surface area contributed by atoms with Gasteiger partial charge in [-0.1, -0.05) is 30.3 Å². The van der Waals surface area contributed by atoms with Crippen molar-refractivity contribution in [1.82, 2.24) is 4.90 Å². The van der Waals surface area contributed by atoms with Crippen LogP contribution in [-0.2, 0) is 10.3 Å². The molecule has 1 heterocycles. The van der Waals surface area contributed by atoms with Crippen molar-refractivity contribution >= 4 is 5.97 Å². The summed E-state index contributed by atoms with van der Waals surface area (Å²) in [4.78, 5) is 13.4. The lowest BCUT2D eigenvalue weighted by atomic mass is 9.87. The first kappa shape index (κ1) is 12.1. The minimum atomic E-state index is -0.733. The van der Waals surface area contributed by atoms with E-state index in [1.165, 1.54) is 12.8 Å². The summed E-state index contributed by atoms with van der Waals surface area (Å²) in [5, 5.41) is 9.14. The number of hydrogen-bond acceptors (Lipinski definition) is 2. The topological polar surface area (TPSA) is 40.5 Å². The number of benzene rings is 1. The van der Waals surface area contributed by atoms with Crippen molar-refractivity contribution in [3.05, 3.63) is 35.9 Å². The van der Waals surface area contributed by atoms with Crippen LogP contribution in [0.2, 0.25) is 0 Å². The van der Waals surface area contributed by atoms with Crippen LogP contribution in [0.1, 0.15) is 31.7 Å². The fourth-order valence-electron chi connectivity index (χ4n) is 2.70. The Balaban J connectivity index is 2.32. The van der Waals surface area contributed by atoms with Crippen LogP contribution >= 0.6 is 0 Å². The second-order valence-corrected chi connectivity index (χ2v) is 4.90. The molecule has 0 saturated carbocycles. The van der Waals surface area contributed by atoms with Gasteiger partial charge in [0.25, 0.3) is 0 Å². The van der Waals surface area contributed by atoms with Gasteiger partial charge in [0, 0.05) is 0 Å². The molecule has 1 unspecified atom stereocenters. The minimum absolute atomic E-state index is 0.164. The smallest absolute Gasteiger partial charge is 0.305 e. The molecule has 1 fully saturated rings. The molecule has 1 aliphatic rings. The lowest BCUT2D eigenvalue weighted by Crippen LogP contribution is -2.43. The highest BCUT2D eigenvalue weighted by Gasteiger charge is 2.37. The minimum Gasteiger partial charge on any atom is -0.481 e. The zero-order chi connectivity index (χ0) is 12.3. The maximum absolute atomic E-state index is 11.1. The van der Waals surface area contributed by atoms with Crippen molar-refractivity contribution in [2.45, 2.75) is 31.7 Å². The first-order chi connectivity index (χ1) is 8.13. The molecule has 1 aromatic carbocycles. The number of carboxylic acid groups (broad SMARTS) is 1. The SMILES string of the molecule is CC(CC(=O)O)(c1ccccc1)N1CCCC1. The largest absolute Gasteiger partial charge is 0.481 e. The number of nitrogens with zero attached hydrogens (tertiary/aromatic N) is 1. The van der Waals surface area contributed by atoms with Gasteiger partial charge in [0.05, 0.1) is 12.0 Å². The predicted molar refractivity (Wildman–Crippen MR) is 66.9 cm³/mol. The number of carboxylic acids is 1. The monoisotopic (exact) mass is 233 g/mol. The molecule has 3 heteroatoms. The number of likely N-dealkylation sites (tertiary alicyclic amines) is 1. The van der Waals surface area contributed by atoms with E-state index >= 15 is 0 Å². The Morgan fingerprint density at radius 1 is 1.29 bits per heavy atom. The molecule has 0 aromatic heterocycles. The van der Waals surface area contributed by atoms with Crippen LogP contribution in [0.5, 0.6) is 0 Å². The Kier molecular flexibility index (Phi) is 3.48. The van der Waals surface area contributed by atoms with Gasteiger partial charge in [-0.05, 0) is 38.4 Å². The fraction of sp³-hybridized carbons (Fsp3) is 0.500. The number of hydrogen-bond donors (Lipinski definition) is 1. The highest BCUT2D eigenvalue weighted by molar-refractivity contribution is 5.68. The fourth-order valence-corrected chi connectivity index (χ4v) is 2.70. The second-order valence-electron chi connectivity index (χ2n) is 4.90. The molecule has 0 radical (unpaired) electrons. The quantitative estimate of drug-likeness (QED) is 0.868. The van der Waals surface area contributed by atoms with E-state index in [-0.39, 0.29) is 12.0 Å². The van der Waals surface area contributed by atoms with E-state index in [1.54, 1.807) is 0 Å². The lowest BCUT2D eigenvalue weighted by Gasteiger charge is -2.38. The van der Waals surface area contributed by atoms with Crippen LogP contribution in [0.25, 0.3) is 0 Å². The number of carbonyl (C=O) groups is 1. The Hall–Kier alpha value is -1.35. The second kappa shape index (κ2) is 4.88. The molecule has 0 amide bonds. The van der Waals surface area contributed by atoms with Crippen molar-refractivity contribution < 1.29 is 9.90 Å². The van der Waals surface area contributed by atoms with Crippen LogP contribution in [0.4, 0.5) is 0 Å². The highest BCUT2D eigenvalue weighted by atomic mass is 16.4. The Morgan fingerprint density at radius 2 is 1.88 bits per heavy atom. The first-order valence-corrected chi connectivity index (χ1v) is 6.15. The summed E-state index contributed by atoms with van der Waals surface area (Å²) < 4.78 is 0. The van der Waals surface area contributed by atoms with E-state index in [9.17, 15) is 4.79 Å². The molecule has 92 valence electrons. The van der Waals surface area contributed by atoms with Gasteiger partial charge >= 0.3 is 5.97 Å². The molecule has 1 atom stereocenters. The Morgan fingerprint density at radius 3 is 2.41 bits per heavy atom. The predicted octanol–water partition coefficient (Wildman–Crippen LogP) is 2.47. The summed E-state index contributed by atoms with van der Waals surface area (Å²) in [5.74, 6) is -0.733. The van der Waals surface area contributed by atoms with Crippen LogP contribution in [0.15, 0.2) is 30.3 Å². The van der Waals surface area contributed by atoms with Crippen LogP contribution in [-0.4, -0.2) is 29.1 Å². The van der Waals surface area contributed by atoms with Crippen molar-refractivity contribution in [2.24, 2.45) is 0 Å². The third kappa shape index (κ3) is 2.50. The third-order valence-electron chi connectivity index (χ3n) is 3.70. The molecule has 1 saturated heterocycles. The summed E-state index contributed by atoms with van der Waals surface area (Å²) in [6.07, 6.45) is 2.50. The molecule has 1 aromatic rings. The molecule has 3 nitrogen and oxygen atoms in total. The van der Waals surface area contributed by atoms with Gasteiger partial charge in [-0.2, -0.15) is 0 Å². The first-order valence-electron chi connectivity index (χ1n) is 6.15. The maximum Gasteiger partial charge on any atom is 0.305 e. The summed E-state index contributed by atoms with van der Waals surface area (Å²) in [6, 6.07) is 9.98. The number of aliphatic carboxylic acids is 1. The average molecular weight is 233 g/mol. The van der Waals surface area contributed by atoms with Crippen LogP contribution in [0, 0.1) is 0 Å². The molecule has 0 bridgehead atoms. The highest BCUT2D eigenvalue weighted by Crippen LogP contribution is 2.34. The molecular formula is C14H19NO2. The van der Waals surface area contributed by atoms with Gasteiger partial charge < -0.3 is 5.11 Å². The number of rotatable bonds is 4. The van der Waals surface area contributed by atoms with E-state index in [4.69, 9.17) is 5.11 Å². The molecule has 2 rings (SSSR count). The third-order valence-corrected chi connectivity index (χ3v) is 3.70. The van der Waals surface area contributed by atoms with E-state index in [0.29, 0.717) is 0 Å². The van der Waals surface area contributed by atoms with Crippen molar-refractivity contribution in [3.8, 4) is 0 Å². The van der Waals surface area contributed by atoms with E-state index in [0.717, 1.165) is 18.7 Å². The summed E-state index contributed by atoms with van der Waals surface area (Å²) >= 11 is 0. The molecule has 1 aliphatic heterocycles. The van der Waals surface area contributed by atoms with E-state index in [2.05, 4.69) is 4.90 Å². The molecule has 0 aliphatic carbocycles. The normalized spacial score (nSPS) is 20.1. The molecule has 17 heavy (non-hydrogen) atoms. The van der Waals surface area contributed by atoms with Gasteiger partial charge in [0.15, 0.2) is 0 Å². The lowest BCUT2D eigenvalue weighted by molar-refractivity contribution is -0.140. The summed E-state index contributed by atoms with van der Waals surface area (Å²) in [5.41, 5.74) is 0.730. The van der Waals surface area contributed by atoms with Gasteiger partial charge in [-0.3, -0.25) is 9.69 Å². The van der Waals surface area contributed by atoms with Crippen LogP contribution < -0.4 is 0 Å². The Bertz CT molecular complexity index is 384.